The molecule has 8 nitrogen and oxygen atoms in total. The number of carbonyl (C=O) groups excluding carboxylic acids is 2. The van der Waals surface area contributed by atoms with Crippen molar-refractivity contribution >= 4 is 17.8 Å². The van der Waals surface area contributed by atoms with E-state index < -0.39 is 0 Å². The third-order valence-electron chi connectivity index (χ3n) is 8.46. The van der Waals surface area contributed by atoms with Crippen LogP contribution in [-0.4, -0.2) is 86.1 Å². The SMILES string of the molecule is CN=C(NCCN1C(=O)C2C3C=CC(C3)C2C1=O)NCC1(N2CCOCC2)CCCCC1. The van der Waals surface area contributed by atoms with Crippen LogP contribution in [0.2, 0.25) is 0 Å². The molecule has 2 heterocycles. The third-order valence-corrected chi connectivity index (χ3v) is 8.46. The van der Waals surface area contributed by atoms with Crippen LogP contribution >= 0.6 is 0 Å². The van der Waals surface area contributed by atoms with Crippen molar-refractivity contribution in [2.24, 2.45) is 28.7 Å². The number of aliphatic imine (C=N–C) groups is 1. The maximum Gasteiger partial charge on any atom is 0.233 e. The van der Waals surface area contributed by atoms with Crippen molar-refractivity contribution in [2.45, 2.75) is 44.1 Å². The number of amides is 2. The van der Waals surface area contributed by atoms with Gasteiger partial charge in [-0.2, -0.15) is 0 Å². The molecule has 3 aliphatic carbocycles. The number of nitrogens with one attached hydrogen (secondary N) is 2. The lowest BCUT2D eigenvalue weighted by atomic mass is 9.80. The monoisotopic (exact) mass is 443 g/mol. The van der Waals surface area contributed by atoms with Gasteiger partial charge >= 0.3 is 0 Å². The quantitative estimate of drug-likeness (QED) is 0.276. The number of ether oxygens (including phenoxy) is 1. The van der Waals surface area contributed by atoms with Crippen molar-refractivity contribution in [3.8, 4) is 0 Å². The number of morpholine rings is 1. The molecule has 2 aliphatic heterocycles. The Morgan fingerprint density at radius 2 is 1.72 bits per heavy atom. The fourth-order valence-corrected chi connectivity index (χ4v) is 6.79. The zero-order chi connectivity index (χ0) is 22.1. The molecule has 0 radical (unpaired) electrons. The van der Waals surface area contributed by atoms with Crippen molar-refractivity contribution in [1.29, 1.82) is 0 Å². The van der Waals surface area contributed by atoms with Gasteiger partial charge in [0, 0.05) is 45.3 Å². The summed E-state index contributed by atoms with van der Waals surface area (Å²) in [6.45, 7) is 5.38. The second kappa shape index (κ2) is 9.14. The number of carbonyl (C=O) groups is 2. The van der Waals surface area contributed by atoms with Gasteiger partial charge in [0.05, 0.1) is 25.0 Å². The first-order chi connectivity index (χ1) is 15.6. The average molecular weight is 444 g/mol. The highest BCUT2D eigenvalue weighted by molar-refractivity contribution is 6.06. The summed E-state index contributed by atoms with van der Waals surface area (Å²) in [6, 6.07) is 0. The number of allylic oxidation sites excluding steroid dienone is 2. The number of rotatable bonds is 6. The highest BCUT2D eigenvalue weighted by Gasteiger charge is 2.58. The molecule has 2 saturated heterocycles. The van der Waals surface area contributed by atoms with Crippen LogP contribution in [-0.2, 0) is 14.3 Å². The van der Waals surface area contributed by atoms with Gasteiger partial charge in [0.25, 0.3) is 0 Å². The van der Waals surface area contributed by atoms with Crippen LogP contribution in [0.25, 0.3) is 0 Å². The topological polar surface area (TPSA) is 86.3 Å². The number of nitrogens with zero attached hydrogens (tertiary/aromatic N) is 3. The van der Waals surface area contributed by atoms with Crippen molar-refractivity contribution < 1.29 is 14.3 Å². The lowest BCUT2D eigenvalue weighted by molar-refractivity contribution is -0.140. The number of hydrogen-bond acceptors (Lipinski definition) is 5. The Kier molecular flexibility index (Phi) is 6.25. The zero-order valence-corrected chi connectivity index (χ0v) is 19.2. The molecule has 0 aromatic heterocycles. The summed E-state index contributed by atoms with van der Waals surface area (Å²) in [6.07, 6.45) is 11.5. The predicted octanol–water partition coefficient (Wildman–Crippen LogP) is 0.994. The highest BCUT2D eigenvalue weighted by Crippen LogP contribution is 2.52. The van der Waals surface area contributed by atoms with Crippen molar-refractivity contribution in [2.75, 3.05) is 53.0 Å². The van der Waals surface area contributed by atoms with E-state index in [9.17, 15) is 9.59 Å². The first-order valence-corrected chi connectivity index (χ1v) is 12.4. The maximum absolute atomic E-state index is 12.9. The molecule has 0 aromatic rings. The van der Waals surface area contributed by atoms with Gasteiger partial charge in [0.15, 0.2) is 5.96 Å². The fourth-order valence-electron chi connectivity index (χ4n) is 6.79. The molecule has 32 heavy (non-hydrogen) atoms. The molecule has 0 spiro atoms. The Bertz CT molecular complexity index is 755. The van der Waals surface area contributed by atoms with E-state index in [0.29, 0.717) is 13.1 Å². The van der Waals surface area contributed by atoms with E-state index in [-0.39, 0.29) is 41.0 Å². The zero-order valence-electron chi connectivity index (χ0n) is 19.2. The summed E-state index contributed by atoms with van der Waals surface area (Å²) in [4.78, 5) is 34.2. The molecule has 176 valence electrons. The Hall–Kier alpha value is -1.93. The van der Waals surface area contributed by atoms with Gasteiger partial charge in [0.2, 0.25) is 11.8 Å². The standard InChI is InChI=1S/C24H37N5O3/c1-25-23(27-16-24(7-3-2-4-8-24)28-11-13-32-14-12-28)26-9-10-29-21(30)19-17-5-6-18(15-17)20(19)22(29)31/h5-6,17-20H,2-4,7-16H2,1H3,(H2,25,26,27). The van der Waals surface area contributed by atoms with Gasteiger partial charge < -0.3 is 15.4 Å². The number of imide groups is 1. The summed E-state index contributed by atoms with van der Waals surface area (Å²) in [5, 5.41) is 6.88. The molecule has 2 amide bonds. The summed E-state index contributed by atoms with van der Waals surface area (Å²) >= 11 is 0. The molecule has 5 rings (SSSR count). The van der Waals surface area contributed by atoms with E-state index in [1.807, 2.05) is 0 Å². The molecule has 5 aliphatic rings. The molecule has 2 N–H and O–H groups in total. The lowest BCUT2D eigenvalue weighted by Gasteiger charge is -2.48. The second-order valence-corrected chi connectivity index (χ2v) is 10.1. The van der Waals surface area contributed by atoms with E-state index in [1.165, 1.54) is 37.0 Å². The van der Waals surface area contributed by atoms with E-state index in [2.05, 4.69) is 32.7 Å². The van der Waals surface area contributed by atoms with Gasteiger partial charge in [-0.05, 0) is 31.1 Å². The van der Waals surface area contributed by atoms with Crippen LogP contribution in [0.3, 0.4) is 0 Å². The smallest absolute Gasteiger partial charge is 0.233 e. The molecule has 2 saturated carbocycles. The van der Waals surface area contributed by atoms with Crippen LogP contribution in [0.4, 0.5) is 0 Å². The molecule has 0 aromatic carbocycles. The minimum atomic E-state index is -0.116. The molecular formula is C24H37N5O3. The molecular weight excluding hydrogens is 406 g/mol. The van der Waals surface area contributed by atoms with Crippen LogP contribution in [0.5, 0.6) is 0 Å². The lowest BCUT2D eigenvalue weighted by Crippen LogP contribution is -2.60. The van der Waals surface area contributed by atoms with Crippen molar-refractivity contribution in [3.05, 3.63) is 12.2 Å². The predicted molar refractivity (Wildman–Crippen MR) is 122 cm³/mol. The normalized spacial score (nSPS) is 34.3. The summed E-state index contributed by atoms with van der Waals surface area (Å²) < 4.78 is 5.58. The van der Waals surface area contributed by atoms with Gasteiger partial charge in [-0.1, -0.05) is 31.4 Å². The van der Waals surface area contributed by atoms with Crippen LogP contribution < -0.4 is 10.6 Å². The molecule has 4 atom stereocenters. The Morgan fingerprint density at radius 1 is 1.06 bits per heavy atom. The first-order valence-electron chi connectivity index (χ1n) is 12.4. The van der Waals surface area contributed by atoms with E-state index in [1.54, 1.807) is 7.05 Å². The number of hydrogen-bond donors (Lipinski definition) is 2. The molecule has 2 bridgehead atoms. The van der Waals surface area contributed by atoms with Gasteiger partial charge in [-0.3, -0.25) is 24.4 Å². The maximum atomic E-state index is 12.9. The highest BCUT2D eigenvalue weighted by atomic mass is 16.5. The second-order valence-electron chi connectivity index (χ2n) is 10.1. The minimum Gasteiger partial charge on any atom is -0.379 e. The Morgan fingerprint density at radius 3 is 2.34 bits per heavy atom. The van der Waals surface area contributed by atoms with Crippen LogP contribution in [0.1, 0.15) is 38.5 Å². The largest absolute Gasteiger partial charge is 0.379 e. The fraction of sp³-hybridized carbons (Fsp3) is 0.792. The van der Waals surface area contributed by atoms with Gasteiger partial charge in [-0.15, -0.1) is 0 Å². The summed E-state index contributed by atoms with van der Waals surface area (Å²) in [5.74, 6) is 1.08. The molecule has 8 heteroatoms. The average Bonchev–Trinajstić information content (AvgIpc) is 3.52. The van der Waals surface area contributed by atoms with E-state index >= 15 is 0 Å². The molecule has 4 unspecified atom stereocenters. The van der Waals surface area contributed by atoms with E-state index in [0.717, 1.165) is 45.2 Å². The number of guanidine groups is 1. The summed E-state index contributed by atoms with van der Waals surface area (Å²) in [5.41, 5.74) is 0.157. The number of likely N-dealkylation sites (tertiary alicyclic amines) is 1. The van der Waals surface area contributed by atoms with Crippen LogP contribution in [0.15, 0.2) is 17.1 Å². The van der Waals surface area contributed by atoms with Gasteiger partial charge in [0.1, 0.15) is 0 Å². The summed E-state index contributed by atoms with van der Waals surface area (Å²) in [7, 11) is 1.78. The minimum absolute atomic E-state index is 0.0232. The molecule has 4 fully saturated rings. The first kappa shape index (κ1) is 21.9. The van der Waals surface area contributed by atoms with Crippen molar-refractivity contribution in [1.82, 2.24) is 20.4 Å². The van der Waals surface area contributed by atoms with E-state index in [4.69, 9.17) is 4.74 Å². The van der Waals surface area contributed by atoms with Crippen LogP contribution in [0, 0.1) is 23.7 Å². The number of fused-ring (bicyclic) bond motifs is 5. The van der Waals surface area contributed by atoms with Gasteiger partial charge in [-0.25, -0.2) is 0 Å². The van der Waals surface area contributed by atoms with Crippen molar-refractivity contribution in [3.63, 3.8) is 0 Å². The third kappa shape index (κ3) is 3.85. The Labute approximate surface area is 190 Å². The Balaban J connectivity index is 1.13.